The number of ether oxygens (including phenoxy) is 1. The van der Waals surface area contributed by atoms with E-state index in [-0.39, 0.29) is 17.6 Å². The number of nitrogens with zero attached hydrogens (tertiary/aromatic N) is 1. The lowest BCUT2D eigenvalue weighted by molar-refractivity contribution is -0.117. The fraction of sp³-hybridized carbons (Fsp3) is 0.125. The Bertz CT molecular complexity index is 1330. The summed E-state index contributed by atoms with van der Waals surface area (Å²) in [6, 6.07) is 15.5. The van der Waals surface area contributed by atoms with Crippen LogP contribution in [-0.4, -0.2) is 15.9 Å². The van der Waals surface area contributed by atoms with Gasteiger partial charge in [-0.15, -0.1) is 11.3 Å². The van der Waals surface area contributed by atoms with Crippen molar-refractivity contribution in [3.8, 4) is 11.5 Å². The summed E-state index contributed by atoms with van der Waals surface area (Å²) in [5, 5.41) is 7.90. The number of hydrogen-bond donors (Lipinski definition) is 2. The van der Waals surface area contributed by atoms with Gasteiger partial charge in [-0.1, -0.05) is 24.4 Å². The first-order valence-electron chi connectivity index (χ1n) is 10.1. The summed E-state index contributed by atoms with van der Waals surface area (Å²) in [6.45, 7) is 0. The molecule has 0 saturated heterocycles. The third-order valence-electron chi connectivity index (χ3n) is 5.10. The minimum absolute atomic E-state index is 0.00348. The van der Waals surface area contributed by atoms with E-state index in [1.165, 1.54) is 17.4 Å². The van der Waals surface area contributed by atoms with Gasteiger partial charge in [-0.3, -0.25) is 9.78 Å². The van der Waals surface area contributed by atoms with E-state index >= 15 is 0 Å². The molecule has 0 unspecified atom stereocenters. The summed E-state index contributed by atoms with van der Waals surface area (Å²) in [4.78, 5) is 16.8. The summed E-state index contributed by atoms with van der Waals surface area (Å²) in [7, 11) is 0. The molecule has 0 aliphatic heterocycles. The summed E-state index contributed by atoms with van der Waals surface area (Å²) < 4.78 is 21.4. The van der Waals surface area contributed by atoms with Gasteiger partial charge in [0.05, 0.1) is 15.9 Å². The molecule has 0 radical (unpaired) electrons. The number of thiophene rings is 1. The zero-order chi connectivity index (χ0) is 22.1. The monoisotopic (exact) mass is 463 g/mol. The quantitative estimate of drug-likeness (QED) is 0.326. The first kappa shape index (κ1) is 20.5. The molecule has 32 heavy (non-hydrogen) atoms. The van der Waals surface area contributed by atoms with Gasteiger partial charge < -0.3 is 15.4 Å². The Balaban J connectivity index is 1.32. The maximum Gasteiger partial charge on any atom is 0.227 e. The molecule has 2 N–H and O–H groups in total. The lowest BCUT2D eigenvalue weighted by atomic mass is 10.1. The zero-order valence-corrected chi connectivity index (χ0v) is 18.4. The molecule has 0 atom stereocenters. The van der Waals surface area contributed by atoms with Gasteiger partial charge in [-0.2, -0.15) is 0 Å². The highest BCUT2D eigenvalue weighted by molar-refractivity contribution is 7.81. The lowest BCUT2D eigenvalue weighted by Gasteiger charge is -2.14. The molecule has 0 spiro atoms. The first-order valence-corrected chi connectivity index (χ1v) is 11.4. The number of carbonyl (C=O) groups is 1. The molecule has 1 fully saturated rings. The predicted octanol–water partition coefficient (Wildman–Crippen LogP) is 6.36. The standard InChI is InChI=1S/C24H18FN3O2S2/c25-17-13-15(7-8-20(17)30-21-9-11-26-19-10-12-32-22(19)21)27-24(31)16-3-1-2-4-18(16)28-23(29)14-5-6-14/h1-4,7-14H,5-6H2,(H,27,31)(H,28,29). The van der Waals surface area contributed by atoms with Gasteiger partial charge in [0.2, 0.25) is 5.91 Å². The third-order valence-corrected chi connectivity index (χ3v) is 6.34. The molecule has 1 aliphatic rings. The van der Waals surface area contributed by atoms with Crippen molar-refractivity contribution in [2.24, 2.45) is 5.92 Å². The SMILES string of the molecule is O=C(Nc1ccccc1C(=S)Nc1ccc(Oc2ccnc3ccsc23)c(F)c1)C1CC1. The molecule has 5 nitrogen and oxygen atoms in total. The topological polar surface area (TPSA) is 63.2 Å². The van der Waals surface area contributed by atoms with Gasteiger partial charge in [0.1, 0.15) is 10.7 Å². The summed E-state index contributed by atoms with van der Waals surface area (Å²) >= 11 is 7.02. The van der Waals surface area contributed by atoms with E-state index in [2.05, 4.69) is 15.6 Å². The van der Waals surface area contributed by atoms with Crippen LogP contribution in [0.1, 0.15) is 18.4 Å². The number of halogens is 1. The minimum Gasteiger partial charge on any atom is -0.453 e. The molecule has 2 aromatic carbocycles. The highest BCUT2D eigenvalue weighted by Crippen LogP contribution is 2.34. The Morgan fingerprint density at radius 3 is 2.75 bits per heavy atom. The molecule has 2 heterocycles. The fourth-order valence-electron chi connectivity index (χ4n) is 3.28. The van der Waals surface area contributed by atoms with E-state index in [1.807, 2.05) is 29.6 Å². The Morgan fingerprint density at radius 1 is 1.09 bits per heavy atom. The number of carbonyl (C=O) groups excluding carboxylic acids is 1. The van der Waals surface area contributed by atoms with Gasteiger partial charge in [0.15, 0.2) is 11.6 Å². The van der Waals surface area contributed by atoms with Crippen LogP contribution in [0.25, 0.3) is 10.2 Å². The molecule has 4 aromatic rings. The Kier molecular flexibility index (Phi) is 5.55. The minimum atomic E-state index is -0.519. The number of thiocarbonyl (C=S) groups is 1. The van der Waals surface area contributed by atoms with E-state index in [4.69, 9.17) is 17.0 Å². The van der Waals surface area contributed by atoms with Crippen molar-refractivity contribution in [3.63, 3.8) is 0 Å². The van der Waals surface area contributed by atoms with E-state index in [0.29, 0.717) is 27.7 Å². The summed E-state index contributed by atoms with van der Waals surface area (Å²) in [5.74, 6) is 0.236. The summed E-state index contributed by atoms with van der Waals surface area (Å²) in [6.07, 6.45) is 3.47. The van der Waals surface area contributed by atoms with Gasteiger partial charge in [-0.25, -0.2) is 4.39 Å². The normalized spacial score (nSPS) is 13.0. The largest absolute Gasteiger partial charge is 0.453 e. The second-order valence-corrected chi connectivity index (χ2v) is 8.78. The van der Waals surface area contributed by atoms with Crippen LogP contribution in [0.2, 0.25) is 0 Å². The maximum atomic E-state index is 14.8. The van der Waals surface area contributed by atoms with Gasteiger partial charge in [-0.05, 0) is 48.6 Å². The van der Waals surface area contributed by atoms with E-state index in [9.17, 15) is 9.18 Å². The number of para-hydroxylation sites is 1. The van der Waals surface area contributed by atoms with Crippen LogP contribution in [0.15, 0.2) is 66.2 Å². The zero-order valence-electron chi connectivity index (χ0n) is 16.8. The second kappa shape index (κ2) is 8.64. The number of aromatic nitrogens is 1. The number of pyridine rings is 1. The van der Waals surface area contributed by atoms with Crippen molar-refractivity contribution in [2.75, 3.05) is 10.6 Å². The molecule has 160 valence electrons. The van der Waals surface area contributed by atoms with E-state index in [0.717, 1.165) is 23.1 Å². The molecule has 1 saturated carbocycles. The van der Waals surface area contributed by atoms with Gasteiger partial charge in [0.25, 0.3) is 0 Å². The van der Waals surface area contributed by atoms with Crippen molar-refractivity contribution in [2.45, 2.75) is 12.8 Å². The van der Waals surface area contributed by atoms with Crippen molar-refractivity contribution < 1.29 is 13.9 Å². The van der Waals surface area contributed by atoms with Crippen LogP contribution in [0.3, 0.4) is 0 Å². The molecule has 1 amide bonds. The number of rotatable bonds is 6. The summed E-state index contributed by atoms with van der Waals surface area (Å²) in [5.41, 5.74) is 2.61. The number of hydrogen-bond acceptors (Lipinski definition) is 5. The van der Waals surface area contributed by atoms with E-state index < -0.39 is 5.82 Å². The fourth-order valence-corrected chi connectivity index (χ4v) is 4.37. The highest BCUT2D eigenvalue weighted by atomic mass is 32.1. The van der Waals surface area contributed by atoms with Crippen molar-refractivity contribution >= 4 is 56.0 Å². The van der Waals surface area contributed by atoms with Crippen LogP contribution in [0.5, 0.6) is 11.5 Å². The van der Waals surface area contributed by atoms with Gasteiger partial charge in [0, 0.05) is 35.5 Å². The first-order chi connectivity index (χ1) is 15.6. The molecular weight excluding hydrogens is 445 g/mol. The third kappa shape index (κ3) is 4.32. The van der Waals surface area contributed by atoms with Crippen LogP contribution in [0.4, 0.5) is 15.8 Å². The second-order valence-electron chi connectivity index (χ2n) is 7.45. The van der Waals surface area contributed by atoms with Gasteiger partial charge >= 0.3 is 0 Å². The number of nitrogens with one attached hydrogen (secondary N) is 2. The maximum absolute atomic E-state index is 14.8. The smallest absolute Gasteiger partial charge is 0.227 e. The molecular formula is C24H18FN3O2S2. The molecule has 8 heteroatoms. The highest BCUT2D eigenvalue weighted by Gasteiger charge is 2.30. The van der Waals surface area contributed by atoms with Crippen LogP contribution >= 0.6 is 23.6 Å². The van der Waals surface area contributed by atoms with Crippen molar-refractivity contribution in [3.05, 3.63) is 77.6 Å². The molecule has 5 rings (SSSR count). The van der Waals surface area contributed by atoms with Crippen LogP contribution in [-0.2, 0) is 4.79 Å². The van der Waals surface area contributed by atoms with Crippen LogP contribution in [0, 0.1) is 11.7 Å². The van der Waals surface area contributed by atoms with Crippen LogP contribution < -0.4 is 15.4 Å². The number of fused-ring (bicyclic) bond motifs is 1. The molecule has 0 bridgehead atoms. The number of benzene rings is 2. The average Bonchev–Trinajstić information content (AvgIpc) is 3.53. The molecule has 2 aromatic heterocycles. The molecule has 1 aliphatic carbocycles. The van der Waals surface area contributed by atoms with Crippen molar-refractivity contribution in [1.82, 2.24) is 4.98 Å². The Morgan fingerprint density at radius 2 is 1.94 bits per heavy atom. The average molecular weight is 464 g/mol. The van der Waals surface area contributed by atoms with Crippen molar-refractivity contribution in [1.29, 1.82) is 0 Å². The number of amides is 1. The van der Waals surface area contributed by atoms with E-state index in [1.54, 1.807) is 30.5 Å². The lowest BCUT2D eigenvalue weighted by Crippen LogP contribution is -2.18. The number of anilines is 2. The Labute approximate surface area is 193 Å². The Hall–Kier alpha value is -3.36. The predicted molar refractivity (Wildman–Crippen MR) is 129 cm³/mol.